The van der Waals surface area contributed by atoms with Crippen LogP contribution in [0.2, 0.25) is 0 Å². The summed E-state index contributed by atoms with van der Waals surface area (Å²) in [7, 11) is -3.45. The first kappa shape index (κ1) is 21.3. The van der Waals surface area contributed by atoms with E-state index >= 15 is 0 Å². The van der Waals surface area contributed by atoms with Gasteiger partial charge in [-0.05, 0) is 42.3 Å². The molecule has 0 aliphatic rings. The summed E-state index contributed by atoms with van der Waals surface area (Å²) in [6, 6.07) is 25.3. The number of carbonyl (C=O) groups is 1. The van der Waals surface area contributed by atoms with Gasteiger partial charge in [0.2, 0.25) is 10.0 Å². The van der Waals surface area contributed by atoms with E-state index in [0.29, 0.717) is 17.0 Å². The Balaban J connectivity index is 1.70. The molecule has 0 bridgehead atoms. The molecule has 0 saturated heterocycles. The van der Waals surface area contributed by atoms with Crippen LogP contribution in [0.25, 0.3) is 0 Å². The fourth-order valence-electron chi connectivity index (χ4n) is 2.86. The lowest BCUT2D eigenvalue weighted by molar-refractivity contribution is 0.0955. The number of sulfonamides is 1. The Kier molecular flexibility index (Phi) is 6.64. The summed E-state index contributed by atoms with van der Waals surface area (Å²) in [6.45, 7) is 2.00. The molecule has 3 rings (SSSR count). The molecule has 0 saturated carbocycles. The van der Waals surface area contributed by atoms with E-state index in [1.807, 2.05) is 43.3 Å². The van der Waals surface area contributed by atoms with Gasteiger partial charge < -0.3 is 0 Å². The Labute approximate surface area is 176 Å². The fraction of sp³-hybridized carbons (Fsp3) is 0.130. The minimum Gasteiger partial charge on any atom is -0.267 e. The number of rotatable bonds is 7. The second-order valence-corrected chi connectivity index (χ2v) is 8.71. The molecule has 0 fully saturated rings. The first-order valence-electron chi connectivity index (χ1n) is 9.36. The lowest BCUT2D eigenvalue weighted by Gasteiger charge is -2.22. The van der Waals surface area contributed by atoms with Crippen LogP contribution < -0.4 is 9.73 Å². The number of nitrogens with one attached hydrogen (secondary N) is 1. The van der Waals surface area contributed by atoms with Crippen molar-refractivity contribution in [2.24, 2.45) is 5.10 Å². The van der Waals surface area contributed by atoms with E-state index in [2.05, 4.69) is 10.5 Å². The van der Waals surface area contributed by atoms with Crippen LogP contribution in [-0.4, -0.2) is 26.3 Å². The van der Waals surface area contributed by atoms with Crippen molar-refractivity contribution in [3.05, 3.63) is 102 Å². The molecule has 3 aromatic carbocycles. The van der Waals surface area contributed by atoms with Crippen LogP contribution in [0.3, 0.4) is 0 Å². The SMILES string of the molecule is C/C(=N/NC(=O)c1ccc(CN(c2ccccc2)S(C)(=O)=O)cc1)c1ccccc1. The molecule has 3 aromatic rings. The minimum atomic E-state index is -3.45. The van der Waals surface area contributed by atoms with Crippen LogP contribution >= 0.6 is 0 Å². The molecule has 1 amide bonds. The van der Waals surface area contributed by atoms with Crippen molar-refractivity contribution in [2.75, 3.05) is 10.6 Å². The lowest BCUT2D eigenvalue weighted by Crippen LogP contribution is -2.29. The minimum absolute atomic E-state index is 0.177. The molecular formula is C23H23N3O3S. The van der Waals surface area contributed by atoms with Crippen LogP contribution in [0, 0.1) is 0 Å². The number of benzene rings is 3. The van der Waals surface area contributed by atoms with Gasteiger partial charge in [-0.15, -0.1) is 0 Å². The smallest absolute Gasteiger partial charge is 0.267 e. The van der Waals surface area contributed by atoms with Gasteiger partial charge >= 0.3 is 0 Å². The predicted molar refractivity (Wildman–Crippen MR) is 120 cm³/mol. The number of amides is 1. The van der Waals surface area contributed by atoms with Crippen LogP contribution in [0.4, 0.5) is 5.69 Å². The monoisotopic (exact) mass is 421 g/mol. The summed E-state index contributed by atoms with van der Waals surface area (Å²) in [5.41, 5.74) is 5.97. The van der Waals surface area contributed by atoms with E-state index in [1.54, 1.807) is 48.5 Å². The molecule has 154 valence electrons. The van der Waals surface area contributed by atoms with Crippen LogP contribution in [0.5, 0.6) is 0 Å². The van der Waals surface area contributed by atoms with Crippen LogP contribution in [-0.2, 0) is 16.6 Å². The third-order valence-electron chi connectivity index (χ3n) is 4.50. The number of hydrogen-bond acceptors (Lipinski definition) is 4. The zero-order valence-electron chi connectivity index (χ0n) is 16.8. The second kappa shape index (κ2) is 9.37. The molecule has 0 spiro atoms. The summed E-state index contributed by atoms with van der Waals surface area (Å²) in [4.78, 5) is 12.4. The number of para-hydroxylation sites is 1. The molecule has 1 N–H and O–H groups in total. The zero-order chi connectivity index (χ0) is 21.6. The highest BCUT2D eigenvalue weighted by Crippen LogP contribution is 2.20. The van der Waals surface area contributed by atoms with Crippen molar-refractivity contribution in [3.63, 3.8) is 0 Å². The quantitative estimate of drug-likeness (QED) is 0.465. The van der Waals surface area contributed by atoms with Crippen molar-refractivity contribution >= 4 is 27.3 Å². The molecular weight excluding hydrogens is 398 g/mol. The summed E-state index contributed by atoms with van der Waals surface area (Å²) in [5, 5.41) is 4.14. The average molecular weight is 422 g/mol. The van der Waals surface area contributed by atoms with Gasteiger partial charge in [0.25, 0.3) is 5.91 Å². The van der Waals surface area contributed by atoms with Gasteiger partial charge in [0.15, 0.2) is 0 Å². The maximum absolute atomic E-state index is 12.4. The average Bonchev–Trinajstić information content (AvgIpc) is 2.76. The Hall–Kier alpha value is -3.45. The van der Waals surface area contributed by atoms with Crippen molar-refractivity contribution < 1.29 is 13.2 Å². The fourth-order valence-corrected chi connectivity index (χ4v) is 3.75. The van der Waals surface area contributed by atoms with Crippen molar-refractivity contribution in [2.45, 2.75) is 13.5 Å². The molecule has 7 heteroatoms. The highest BCUT2D eigenvalue weighted by Gasteiger charge is 2.17. The van der Waals surface area contributed by atoms with E-state index in [9.17, 15) is 13.2 Å². The Morgan fingerprint density at radius 2 is 1.43 bits per heavy atom. The lowest BCUT2D eigenvalue weighted by atomic mass is 10.1. The summed E-state index contributed by atoms with van der Waals surface area (Å²) in [6.07, 6.45) is 1.18. The van der Waals surface area contributed by atoms with E-state index in [1.165, 1.54) is 10.6 Å². The maximum Gasteiger partial charge on any atom is 0.271 e. The molecule has 0 unspecified atom stereocenters. The number of anilines is 1. The molecule has 0 heterocycles. The molecule has 30 heavy (non-hydrogen) atoms. The van der Waals surface area contributed by atoms with E-state index in [-0.39, 0.29) is 12.5 Å². The molecule has 0 aliphatic heterocycles. The summed E-state index contributed by atoms with van der Waals surface area (Å²) >= 11 is 0. The number of hydrazone groups is 1. The molecule has 0 radical (unpaired) electrons. The first-order chi connectivity index (χ1) is 14.3. The third-order valence-corrected chi connectivity index (χ3v) is 5.64. The second-order valence-electron chi connectivity index (χ2n) is 6.81. The van der Waals surface area contributed by atoms with Crippen molar-refractivity contribution in [1.82, 2.24) is 5.43 Å². The Bertz CT molecular complexity index is 1130. The van der Waals surface area contributed by atoms with E-state index in [4.69, 9.17) is 0 Å². The zero-order valence-corrected chi connectivity index (χ0v) is 17.6. The first-order valence-corrected chi connectivity index (χ1v) is 11.2. The van der Waals surface area contributed by atoms with E-state index in [0.717, 1.165) is 11.1 Å². The summed E-state index contributed by atoms with van der Waals surface area (Å²) in [5.74, 6) is -0.333. The largest absolute Gasteiger partial charge is 0.271 e. The number of nitrogens with zero attached hydrogens (tertiary/aromatic N) is 2. The maximum atomic E-state index is 12.4. The predicted octanol–water partition coefficient (Wildman–Crippen LogP) is 3.81. The van der Waals surface area contributed by atoms with Gasteiger partial charge in [0.05, 0.1) is 24.2 Å². The molecule has 0 atom stereocenters. The normalized spacial score (nSPS) is 11.7. The third kappa shape index (κ3) is 5.55. The van der Waals surface area contributed by atoms with Crippen LogP contribution in [0.15, 0.2) is 90.0 Å². The Morgan fingerprint density at radius 1 is 0.867 bits per heavy atom. The molecule has 0 aromatic heterocycles. The van der Waals surface area contributed by atoms with Crippen LogP contribution in [0.1, 0.15) is 28.4 Å². The number of hydrogen-bond donors (Lipinski definition) is 1. The highest BCUT2D eigenvalue weighted by molar-refractivity contribution is 7.92. The van der Waals surface area contributed by atoms with Gasteiger partial charge in [-0.25, -0.2) is 13.8 Å². The van der Waals surface area contributed by atoms with Gasteiger partial charge in [0, 0.05) is 5.56 Å². The van der Waals surface area contributed by atoms with E-state index < -0.39 is 10.0 Å². The van der Waals surface area contributed by atoms with Crippen molar-refractivity contribution in [3.8, 4) is 0 Å². The standard InChI is InChI=1S/C23H23N3O3S/c1-18(20-9-5-3-6-10-20)24-25-23(27)21-15-13-19(14-16-21)17-26(30(2,28)29)22-11-7-4-8-12-22/h3-16H,17H2,1-2H3,(H,25,27)/b24-18-. The Morgan fingerprint density at radius 3 is 2.00 bits per heavy atom. The molecule has 6 nitrogen and oxygen atoms in total. The number of carbonyl (C=O) groups excluding carboxylic acids is 1. The van der Waals surface area contributed by atoms with Gasteiger partial charge in [-0.3, -0.25) is 9.10 Å². The molecule has 0 aliphatic carbocycles. The summed E-state index contributed by atoms with van der Waals surface area (Å²) < 4.78 is 25.8. The van der Waals surface area contributed by atoms with Crippen molar-refractivity contribution in [1.29, 1.82) is 0 Å². The topological polar surface area (TPSA) is 78.8 Å². The van der Waals surface area contributed by atoms with Gasteiger partial charge in [0.1, 0.15) is 0 Å². The highest BCUT2D eigenvalue weighted by atomic mass is 32.2. The van der Waals surface area contributed by atoms with Gasteiger partial charge in [-0.2, -0.15) is 5.10 Å². The van der Waals surface area contributed by atoms with Gasteiger partial charge in [-0.1, -0.05) is 60.7 Å².